The average Bonchev–Trinajstić information content (AvgIpc) is 2.69. The van der Waals surface area contributed by atoms with Gasteiger partial charge in [0, 0.05) is 11.2 Å². The Morgan fingerprint density at radius 1 is 0.963 bits per heavy atom. The second-order valence-electron chi connectivity index (χ2n) is 6.30. The van der Waals surface area contributed by atoms with Gasteiger partial charge in [0.25, 0.3) is 0 Å². The summed E-state index contributed by atoms with van der Waals surface area (Å²) in [5.74, 6) is 1.37. The average molecular weight is 380 g/mol. The topological polar surface area (TPSA) is 30.8 Å². The zero-order chi connectivity index (χ0) is 19.2. The van der Waals surface area contributed by atoms with Crippen LogP contribution in [0.2, 0.25) is 5.02 Å². The molecule has 0 bridgehead atoms. The minimum absolute atomic E-state index is 0.448. The van der Waals surface area contributed by atoms with Crippen LogP contribution in [0.25, 0.3) is 0 Å². The van der Waals surface area contributed by atoms with E-state index in [4.69, 9.17) is 21.1 Å². The van der Waals surface area contributed by atoms with Crippen LogP contribution in [-0.4, -0.2) is 13.3 Å². The summed E-state index contributed by atoms with van der Waals surface area (Å²) < 4.78 is 11.4. The molecule has 0 aliphatic carbocycles. The van der Waals surface area contributed by atoms with Crippen molar-refractivity contribution >= 4 is 23.5 Å². The zero-order valence-electron chi connectivity index (χ0n) is 15.7. The summed E-state index contributed by atoms with van der Waals surface area (Å²) in [4.78, 5) is 4.61. The number of aryl methyl sites for hydroxylation is 1. The van der Waals surface area contributed by atoms with Crippen molar-refractivity contribution in [2.24, 2.45) is 4.99 Å². The first-order chi connectivity index (χ1) is 13.1. The predicted octanol–water partition coefficient (Wildman–Crippen LogP) is 6.30. The Balaban J connectivity index is 1.74. The zero-order valence-corrected chi connectivity index (χ0v) is 16.5. The third kappa shape index (κ3) is 4.89. The molecule has 0 spiro atoms. The standard InChI is InChI=1S/C23H22ClNO2/c1-16-5-4-6-21(17(16)2)25-14-19-9-12-22(23(13-19)26-3)27-15-18-7-10-20(24)11-8-18/h4-14H,15H2,1-3H3. The lowest BCUT2D eigenvalue weighted by Crippen LogP contribution is -1.98. The van der Waals surface area contributed by atoms with Gasteiger partial charge < -0.3 is 9.47 Å². The van der Waals surface area contributed by atoms with Crippen molar-refractivity contribution in [1.82, 2.24) is 0 Å². The molecule has 3 aromatic rings. The highest BCUT2D eigenvalue weighted by atomic mass is 35.5. The van der Waals surface area contributed by atoms with Crippen molar-refractivity contribution in [2.45, 2.75) is 20.5 Å². The number of benzene rings is 3. The lowest BCUT2D eigenvalue weighted by molar-refractivity contribution is 0.284. The first-order valence-electron chi connectivity index (χ1n) is 8.72. The van der Waals surface area contributed by atoms with Crippen molar-refractivity contribution in [3.8, 4) is 11.5 Å². The number of rotatable bonds is 6. The van der Waals surface area contributed by atoms with Crippen LogP contribution in [0.5, 0.6) is 11.5 Å². The van der Waals surface area contributed by atoms with Crippen LogP contribution >= 0.6 is 11.6 Å². The van der Waals surface area contributed by atoms with Crippen LogP contribution < -0.4 is 9.47 Å². The Morgan fingerprint density at radius 3 is 2.48 bits per heavy atom. The number of methoxy groups -OCH3 is 1. The van der Waals surface area contributed by atoms with Crippen molar-refractivity contribution in [3.05, 3.63) is 87.9 Å². The molecule has 3 nitrogen and oxygen atoms in total. The van der Waals surface area contributed by atoms with Crippen LogP contribution in [0.3, 0.4) is 0 Å². The molecule has 0 saturated heterocycles. The lowest BCUT2D eigenvalue weighted by Gasteiger charge is -2.11. The van der Waals surface area contributed by atoms with Gasteiger partial charge in [-0.1, -0.05) is 35.9 Å². The fourth-order valence-electron chi connectivity index (χ4n) is 2.64. The maximum Gasteiger partial charge on any atom is 0.161 e. The van der Waals surface area contributed by atoms with Gasteiger partial charge >= 0.3 is 0 Å². The molecule has 4 heteroatoms. The van der Waals surface area contributed by atoms with Gasteiger partial charge in [0.1, 0.15) is 6.61 Å². The van der Waals surface area contributed by atoms with E-state index in [1.54, 1.807) is 7.11 Å². The van der Waals surface area contributed by atoms with Gasteiger partial charge in [0.2, 0.25) is 0 Å². The minimum Gasteiger partial charge on any atom is -0.493 e. The third-order valence-electron chi connectivity index (χ3n) is 4.42. The molecule has 0 amide bonds. The number of nitrogens with zero attached hydrogens (tertiary/aromatic N) is 1. The number of ether oxygens (including phenoxy) is 2. The molecule has 27 heavy (non-hydrogen) atoms. The first-order valence-corrected chi connectivity index (χ1v) is 9.10. The molecule has 0 atom stereocenters. The molecular weight excluding hydrogens is 358 g/mol. The molecular formula is C23H22ClNO2. The molecule has 0 aromatic heterocycles. The molecule has 0 N–H and O–H groups in total. The third-order valence-corrected chi connectivity index (χ3v) is 4.68. The summed E-state index contributed by atoms with van der Waals surface area (Å²) >= 11 is 5.91. The quantitative estimate of drug-likeness (QED) is 0.471. The van der Waals surface area contributed by atoms with Gasteiger partial charge in [-0.3, -0.25) is 4.99 Å². The SMILES string of the molecule is COc1cc(C=Nc2cccc(C)c2C)ccc1OCc1ccc(Cl)cc1. The normalized spacial score (nSPS) is 11.0. The lowest BCUT2D eigenvalue weighted by atomic mass is 10.1. The predicted molar refractivity (Wildman–Crippen MR) is 112 cm³/mol. The van der Waals surface area contributed by atoms with E-state index in [0.717, 1.165) is 16.8 Å². The van der Waals surface area contributed by atoms with Crippen molar-refractivity contribution in [1.29, 1.82) is 0 Å². The van der Waals surface area contributed by atoms with Crippen LogP contribution in [0.4, 0.5) is 5.69 Å². The Hall–Kier alpha value is -2.78. The summed E-state index contributed by atoms with van der Waals surface area (Å²) in [6, 6.07) is 19.5. The molecule has 0 unspecified atom stereocenters. The fraction of sp³-hybridized carbons (Fsp3) is 0.174. The van der Waals surface area contributed by atoms with E-state index in [9.17, 15) is 0 Å². The second kappa shape index (κ2) is 8.74. The number of halogens is 1. The molecule has 0 fully saturated rings. The molecule has 138 valence electrons. The van der Waals surface area contributed by atoms with Gasteiger partial charge in [-0.2, -0.15) is 0 Å². The highest BCUT2D eigenvalue weighted by Crippen LogP contribution is 2.29. The number of aliphatic imine (C=N–C) groups is 1. The van der Waals surface area contributed by atoms with Crippen molar-refractivity contribution in [3.63, 3.8) is 0 Å². The Morgan fingerprint density at radius 2 is 1.74 bits per heavy atom. The van der Waals surface area contributed by atoms with E-state index in [2.05, 4.69) is 24.9 Å². The van der Waals surface area contributed by atoms with Crippen LogP contribution in [-0.2, 0) is 6.61 Å². The Kier molecular flexibility index (Phi) is 6.15. The first kappa shape index (κ1) is 19.0. The summed E-state index contributed by atoms with van der Waals surface area (Å²) in [5, 5.41) is 0.712. The fourth-order valence-corrected chi connectivity index (χ4v) is 2.77. The molecule has 0 radical (unpaired) electrons. The van der Waals surface area contributed by atoms with Gasteiger partial charge in [-0.15, -0.1) is 0 Å². The van der Waals surface area contributed by atoms with Gasteiger partial charge in [0.15, 0.2) is 11.5 Å². The van der Waals surface area contributed by atoms with E-state index >= 15 is 0 Å². The van der Waals surface area contributed by atoms with E-state index in [-0.39, 0.29) is 0 Å². The van der Waals surface area contributed by atoms with Crippen LogP contribution in [0, 0.1) is 13.8 Å². The minimum atomic E-state index is 0.448. The number of hydrogen-bond donors (Lipinski definition) is 0. The Bertz CT molecular complexity index is 949. The smallest absolute Gasteiger partial charge is 0.161 e. The molecule has 3 aromatic carbocycles. The van der Waals surface area contributed by atoms with Crippen molar-refractivity contribution < 1.29 is 9.47 Å². The van der Waals surface area contributed by atoms with Crippen molar-refractivity contribution in [2.75, 3.05) is 7.11 Å². The highest BCUT2D eigenvalue weighted by Gasteiger charge is 2.06. The van der Waals surface area contributed by atoms with E-state index in [1.807, 2.05) is 60.8 Å². The van der Waals surface area contributed by atoms with Crippen LogP contribution in [0.15, 0.2) is 65.7 Å². The monoisotopic (exact) mass is 379 g/mol. The largest absolute Gasteiger partial charge is 0.493 e. The van der Waals surface area contributed by atoms with Gasteiger partial charge in [0.05, 0.1) is 12.8 Å². The second-order valence-corrected chi connectivity index (χ2v) is 6.74. The maximum atomic E-state index is 5.91. The molecule has 0 aliphatic heterocycles. The van der Waals surface area contributed by atoms with E-state index in [0.29, 0.717) is 23.1 Å². The molecule has 3 rings (SSSR count). The molecule has 0 heterocycles. The molecule has 0 aliphatic rings. The summed E-state index contributed by atoms with van der Waals surface area (Å²) in [6.45, 7) is 4.62. The summed E-state index contributed by atoms with van der Waals surface area (Å²) in [7, 11) is 1.64. The summed E-state index contributed by atoms with van der Waals surface area (Å²) in [6.07, 6.45) is 1.84. The van der Waals surface area contributed by atoms with Gasteiger partial charge in [-0.05, 0) is 72.5 Å². The maximum absolute atomic E-state index is 5.91. The van der Waals surface area contributed by atoms with Gasteiger partial charge in [-0.25, -0.2) is 0 Å². The number of hydrogen-bond acceptors (Lipinski definition) is 3. The van der Waals surface area contributed by atoms with Crippen LogP contribution in [0.1, 0.15) is 22.3 Å². The summed E-state index contributed by atoms with van der Waals surface area (Å²) in [5.41, 5.74) is 5.38. The van der Waals surface area contributed by atoms with E-state index in [1.165, 1.54) is 11.1 Å². The molecule has 0 saturated carbocycles. The highest BCUT2D eigenvalue weighted by molar-refractivity contribution is 6.30. The Labute approximate surface area is 165 Å². The van der Waals surface area contributed by atoms with E-state index < -0.39 is 0 Å².